The van der Waals surface area contributed by atoms with Crippen molar-refractivity contribution in [3.05, 3.63) is 38.2 Å². The summed E-state index contributed by atoms with van der Waals surface area (Å²) in [5, 5.41) is 12.5. The van der Waals surface area contributed by atoms with Crippen molar-refractivity contribution in [2.24, 2.45) is 0 Å². The highest BCUT2D eigenvalue weighted by molar-refractivity contribution is 7.12. The van der Waals surface area contributed by atoms with Crippen molar-refractivity contribution >= 4 is 28.6 Å². The van der Waals surface area contributed by atoms with Gasteiger partial charge in [-0.05, 0) is 17.0 Å². The number of amides is 1. The summed E-state index contributed by atoms with van der Waals surface area (Å²) in [5.74, 6) is 6.15. The van der Waals surface area contributed by atoms with Crippen LogP contribution in [0, 0.1) is 11.8 Å². The molecule has 0 aromatic carbocycles. The molecule has 0 aliphatic carbocycles. The van der Waals surface area contributed by atoms with Gasteiger partial charge in [-0.15, -0.1) is 22.7 Å². The third-order valence-electron chi connectivity index (χ3n) is 2.73. The fourth-order valence-corrected chi connectivity index (χ4v) is 3.34. The van der Waals surface area contributed by atoms with Crippen LogP contribution in [-0.2, 0) is 6.54 Å². The molecule has 0 radical (unpaired) electrons. The Balaban J connectivity index is 2.01. The molecule has 0 spiro atoms. The number of aliphatic hydroxyl groups excluding tert-OH is 1. The summed E-state index contributed by atoms with van der Waals surface area (Å²) in [6.07, 6.45) is 0. The third kappa shape index (κ3) is 4.08. The molecule has 110 valence electrons. The van der Waals surface area contributed by atoms with Crippen LogP contribution in [0.4, 0.5) is 0 Å². The van der Waals surface area contributed by atoms with E-state index in [9.17, 15) is 4.79 Å². The maximum Gasteiger partial charge on any atom is 0.264 e. The average Bonchev–Trinajstić information content (AvgIpc) is 3.13. The first kappa shape index (κ1) is 15.6. The monoisotopic (exact) mass is 321 g/mol. The Bertz CT molecular complexity index is 678. The van der Waals surface area contributed by atoms with Gasteiger partial charge in [-0.25, -0.2) is 0 Å². The number of hydrogen-bond acceptors (Lipinski definition) is 5. The highest BCUT2D eigenvalue weighted by Gasteiger charge is 2.15. The van der Waals surface area contributed by atoms with Gasteiger partial charge in [0.2, 0.25) is 0 Å². The highest BCUT2D eigenvalue weighted by Crippen LogP contribution is 2.23. The van der Waals surface area contributed by atoms with Crippen molar-refractivity contribution in [2.45, 2.75) is 6.54 Å². The second kappa shape index (κ2) is 7.27. The van der Waals surface area contributed by atoms with Crippen molar-refractivity contribution in [1.29, 1.82) is 0 Å². The predicted octanol–water partition coefficient (Wildman–Crippen LogP) is 2.43. The number of methoxy groups -OCH3 is 1. The van der Waals surface area contributed by atoms with E-state index in [1.807, 2.05) is 16.8 Å². The van der Waals surface area contributed by atoms with E-state index in [0.717, 1.165) is 10.4 Å². The molecular formula is C15H15NO3S2. The number of ether oxygens (including phenoxy) is 1. The van der Waals surface area contributed by atoms with Crippen LogP contribution in [0.5, 0.6) is 5.75 Å². The summed E-state index contributed by atoms with van der Waals surface area (Å²) >= 11 is 2.88. The van der Waals surface area contributed by atoms with E-state index in [4.69, 9.17) is 9.84 Å². The molecule has 0 saturated heterocycles. The molecule has 2 heterocycles. The molecule has 1 amide bonds. The van der Waals surface area contributed by atoms with Crippen molar-refractivity contribution < 1.29 is 14.6 Å². The fraction of sp³-hybridized carbons (Fsp3) is 0.267. The second-order valence-corrected chi connectivity index (χ2v) is 6.11. The minimum absolute atomic E-state index is 0.0301. The standard InChI is InChI=1S/C15H15NO3S2/c1-16(15(18)14-7-12(19-2)10-21-14)8-11-6-13(20-9-11)4-3-5-17/h6-7,9-10,17H,5,8H2,1-2H3. The van der Waals surface area contributed by atoms with Crippen LogP contribution in [-0.4, -0.2) is 36.7 Å². The van der Waals surface area contributed by atoms with Crippen molar-refractivity contribution in [1.82, 2.24) is 4.90 Å². The quantitative estimate of drug-likeness (QED) is 0.880. The molecule has 0 bridgehead atoms. The van der Waals surface area contributed by atoms with Crippen LogP contribution in [0.15, 0.2) is 22.9 Å². The lowest BCUT2D eigenvalue weighted by Gasteiger charge is -2.15. The minimum Gasteiger partial charge on any atom is -0.496 e. The molecule has 2 aromatic heterocycles. The summed E-state index contributed by atoms with van der Waals surface area (Å²) in [6.45, 7) is 0.377. The van der Waals surface area contributed by atoms with Crippen LogP contribution in [0.25, 0.3) is 0 Å². The number of aliphatic hydroxyl groups is 1. The fourth-order valence-electron chi connectivity index (χ4n) is 1.72. The molecule has 2 aromatic rings. The molecule has 2 rings (SSSR count). The van der Waals surface area contributed by atoms with Gasteiger partial charge in [0.15, 0.2) is 0 Å². The van der Waals surface area contributed by atoms with E-state index >= 15 is 0 Å². The Morgan fingerprint density at radius 1 is 1.38 bits per heavy atom. The smallest absolute Gasteiger partial charge is 0.264 e. The molecule has 4 nitrogen and oxygen atoms in total. The first-order valence-corrected chi connectivity index (χ1v) is 7.95. The van der Waals surface area contributed by atoms with Gasteiger partial charge in [0.05, 0.1) is 16.9 Å². The van der Waals surface area contributed by atoms with Gasteiger partial charge >= 0.3 is 0 Å². The zero-order chi connectivity index (χ0) is 15.2. The normalized spacial score (nSPS) is 9.86. The molecule has 0 unspecified atom stereocenters. The zero-order valence-electron chi connectivity index (χ0n) is 11.8. The van der Waals surface area contributed by atoms with E-state index in [0.29, 0.717) is 17.2 Å². The second-order valence-electron chi connectivity index (χ2n) is 4.29. The Labute approximate surface area is 131 Å². The molecule has 6 heteroatoms. The number of thiophene rings is 2. The minimum atomic E-state index is -0.147. The van der Waals surface area contributed by atoms with Crippen LogP contribution in [0.1, 0.15) is 20.1 Å². The summed E-state index contributed by atoms with van der Waals surface area (Å²) in [6, 6.07) is 3.68. The van der Waals surface area contributed by atoms with E-state index in [1.165, 1.54) is 22.7 Å². The molecule has 0 aliphatic heterocycles. The van der Waals surface area contributed by atoms with Crippen molar-refractivity contribution in [3.8, 4) is 17.6 Å². The lowest BCUT2D eigenvalue weighted by atomic mass is 10.3. The van der Waals surface area contributed by atoms with Gasteiger partial charge in [-0.1, -0.05) is 11.8 Å². The molecule has 0 saturated carbocycles. The van der Waals surface area contributed by atoms with Gasteiger partial charge in [-0.2, -0.15) is 0 Å². The number of rotatable bonds is 4. The zero-order valence-corrected chi connectivity index (χ0v) is 13.4. The van der Waals surface area contributed by atoms with Gasteiger partial charge < -0.3 is 14.7 Å². The summed E-state index contributed by atoms with van der Waals surface area (Å²) in [7, 11) is 3.35. The number of nitrogens with zero attached hydrogens (tertiary/aromatic N) is 1. The topological polar surface area (TPSA) is 49.8 Å². The largest absolute Gasteiger partial charge is 0.496 e. The first-order valence-electron chi connectivity index (χ1n) is 6.19. The summed E-state index contributed by atoms with van der Waals surface area (Å²) in [4.78, 5) is 15.5. The van der Waals surface area contributed by atoms with Gasteiger partial charge in [0.1, 0.15) is 12.4 Å². The number of carbonyl (C=O) groups is 1. The third-order valence-corrected chi connectivity index (χ3v) is 4.52. The Hall–Kier alpha value is -1.81. The number of carbonyl (C=O) groups excluding carboxylic acids is 1. The first-order chi connectivity index (χ1) is 10.1. The molecule has 0 atom stereocenters. The summed E-state index contributed by atoms with van der Waals surface area (Å²) < 4.78 is 5.09. The van der Waals surface area contributed by atoms with Crippen molar-refractivity contribution in [2.75, 3.05) is 20.8 Å². The van der Waals surface area contributed by atoms with Crippen LogP contribution >= 0.6 is 22.7 Å². The Kier molecular flexibility index (Phi) is 5.39. The van der Waals surface area contributed by atoms with Crippen LogP contribution < -0.4 is 4.74 Å². The van der Waals surface area contributed by atoms with E-state index in [1.54, 1.807) is 25.1 Å². The molecule has 0 aliphatic rings. The van der Waals surface area contributed by atoms with Gasteiger partial charge in [-0.3, -0.25) is 4.79 Å². The van der Waals surface area contributed by atoms with E-state index in [-0.39, 0.29) is 12.5 Å². The summed E-state index contributed by atoms with van der Waals surface area (Å²) in [5.41, 5.74) is 1.03. The highest BCUT2D eigenvalue weighted by atomic mass is 32.1. The molecular weight excluding hydrogens is 306 g/mol. The Morgan fingerprint density at radius 3 is 2.86 bits per heavy atom. The predicted molar refractivity (Wildman–Crippen MR) is 85.0 cm³/mol. The average molecular weight is 321 g/mol. The maximum atomic E-state index is 12.3. The maximum absolute atomic E-state index is 12.3. The molecule has 0 fully saturated rings. The van der Waals surface area contributed by atoms with Crippen LogP contribution in [0.2, 0.25) is 0 Å². The lowest BCUT2D eigenvalue weighted by Crippen LogP contribution is -2.25. The molecule has 1 N–H and O–H groups in total. The van der Waals surface area contributed by atoms with Crippen LogP contribution in [0.3, 0.4) is 0 Å². The van der Waals surface area contributed by atoms with Gasteiger partial charge in [0, 0.05) is 25.0 Å². The SMILES string of the molecule is COc1csc(C(=O)N(C)Cc2csc(C#CCO)c2)c1. The number of hydrogen-bond donors (Lipinski definition) is 1. The van der Waals surface area contributed by atoms with E-state index in [2.05, 4.69) is 11.8 Å². The van der Waals surface area contributed by atoms with E-state index < -0.39 is 0 Å². The molecule has 21 heavy (non-hydrogen) atoms. The Morgan fingerprint density at radius 2 is 2.19 bits per heavy atom. The lowest BCUT2D eigenvalue weighted by molar-refractivity contribution is 0.0790. The van der Waals surface area contributed by atoms with Crippen molar-refractivity contribution in [3.63, 3.8) is 0 Å². The van der Waals surface area contributed by atoms with Gasteiger partial charge in [0.25, 0.3) is 5.91 Å².